The van der Waals surface area contributed by atoms with E-state index in [4.69, 9.17) is 0 Å². The molecule has 2 rings (SSSR count). The molecule has 0 radical (unpaired) electrons. The third-order valence-electron chi connectivity index (χ3n) is 3.74. The zero-order valence-corrected chi connectivity index (χ0v) is 11.4. The van der Waals surface area contributed by atoms with Crippen LogP contribution in [0, 0.1) is 5.92 Å². The lowest BCUT2D eigenvalue weighted by Crippen LogP contribution is -2.42. The van der Waals surface area contributed by atoms with Gasteiger partial charge < -0.3 is 10.6 Å². The lowest BCUT2D eigenvalue weighted by atomic mass is 9.89. The number of carbonyl (C=O) groups excluding carboxylic acids is 1. The summed E-state index contributed by atoms with van der Waals surface area (Å²) in [7, 11) is 0. The first-order valence-corrected chi connectivity index (χ1v) is 8.08. The molecule has 98 valence electrons. The van der Waals surface area contributed by atoms with Gasteiger partial charge in [-0.1, -0.05) is 19.3 Å². The van der Waals surface area contributed by atoms with E-state index in [1.54, 1.807) is 0 Å². The quantitative estimate of drug-likeness (QED) is 0.805. The fraction of sp³-hybridized carbons (Fsp3) is 0.923. The molecule has 2 N–H and O–H groups in total. The first-order chi connectivity index (χ1) is 8.34. The molecule has 2 fully saturated rings. The van der Waals surface area contributed by atoms with Gasteiger partial charge in [-0.15, -0.1) is 0 Å². The Balaban J connectivity index is 1.59. The molecule has 1 saturated carbocycles. The van der Waals surface area contributed by atoms with E-state index in [1.165, 1.54) is 37.9 Å². The third kappa shape index (κ3) is 4.88. The maximum atomic E-state index is 11.8. The molecule has 17 heavy (non-hydrogen) atoms. The average molecular weight is 256 g/mol. The molecule has 1 aliphatic heterocycles. The molecule has 2 aliphatic rings. The Morgan fingerprint density at radius 1 is 1.29 bits per heavy atom. The van der Waals surface area contributed by atoms with Crippen molar-refractivity contribution in [1.82, 2.24) is 10.6 Å². The highest BCUT2D eigenvalue weighted by atomic mass is 32.2. The molecule has 0 aromatic carbocycles. The Labute approximate surface area is 108 Å². The van der Waals surface area contributed by atoms with Crippen molar-refractivity contribution in [3.05, 3.63) is 0 Å². The number of carbonyl (C=O) groups is 1. The summed E-state index contributed by atoms with van der Waals surface area (Å²) in [5.74, 6) is 3.23. The first kappa shape index (κ1) is 13.2. The molecule has 1 unspecified atom stereocenters. The van der Waals surface area contributed by atoms with Crippen molar-refractivity contribution < 1.29 is 4.79 Å². The minimum Gasteiger partial charge on any atom is -0.356 e. The molecule has 1 atom stereocenters. The van der Waals surface area contributed by atoms with Crippen molar-refractivity contribution in [3.8, 4) is 0 Å². The van der Waals surface area contributed by atoms with E-state index in [0.29, 0.717) is 12.5 Å². The van der Waals surface area contributed by atoms with Crippen LogP contribution in [0.2, 0.25) is 0 Å². The van der Waals surface area contributed by atoms with E-state index in [1.807, 2.05) is 11.8 Å². The molecule has 1 heterocycles. The highest BCUT2D eigenvalue weighted by Crippen LogP contribution is 2.22. The Kier molecular flexibility index (Phi) is 5.65. The second kappa shape index (κ2) is 7.27. The summed E-state index contributed by atoms with van der Waals surface area (Å²) in [6.07, 6.45) is 7.34. The normalized spacial score (nSPS) is 26.7. The monoisotopic (exact) mass is 256 g/mol. The smallest absolute Gasteiger partial charge is 0.221 e. The zero-order valence-electron chi connectivity index (χ0n) is 10.5. The fourth-order valence-corrected chi connectivity index (χ4v) is 3.65. The minimum absolute atomic E-state index is 0.232. The van der Waals surface area contributed by atoms with Crippen LogP contribution in [0.15, 0.2) is 0 Å². The second-order valence-corrected chi connectivity index (χ2v) is 6.39. The lowest BCUT2D eigenvalue weighted by molar-refractivity contribution is -0.121. The number of hydrogen-bond donors (Lipinski definition) is 2. The minimum atomic E-state index is 0.232. The van der Waals surface area contributed by atoms with Gasteiger partial charge in [-0.3, -0.25) is 4.79 Å². The summed E-state index contributed by atoms with van der Waals surface area (Å²) >= 11 is 1.95. The lowest BCUT2D eigenvalue weighted by Gasteiger charge is -2.24. The predicted molar refractivity (Wildman–Crippen MR) is 73.3 cm³/mol. The molecular formula is C13H24N2OS. The van der Waals surface area contributed by atoms with Gasteiger partial charge in [0, 0.05) is 37.1 Å². The van der Waals surface area contributed by atoms with Crippen molar-refractivity contribution in [2.24, 2.45) is 5.92 Å². The van der Waals surface area contributed by atoms with Crippen LogP contribution in [0.4, 0.5) is 0 Å². The van der Waals surface area contributed by atoms with E-state index in [0.717, 1.165) is 24.8 Å². The van der Waals surface area contributed by atoms with Gasteiger partial charge in [0.05, 0.1) is 0 Å². The van der Waals surface area contributed by atoms with Crippen LogP contribution in [0.1, 0.15) is 38.5 Å². The SMILES string of the molecule is O=C(CC1CSCCN1)NCC1CCCCC1. The van der Waals surface area contributed by atoms with Gasteiger partial charge >= 0.3 is 0 Å². The van der Waals surface area contributed by atoms with E-state index >= 15 is 0 Å². The number of nitrogens with one attached hydrogen (secondary N) is 2. The Morgan fingerprint density at radius 2 is 2.12 bits per heavy atom. The van der Waals surface area contributed by atoms with E-state index in [2.05, 4.69) is 10.6 Å². The van der Waals surface area contributed by atoms with Gasteiger partial charge in [-0.2, -0.15) is 11.8 Å². The van der Waals surface area contributed by atoms with Crippen LogP contribution in [0.3, 0.4) is 0 Å². The van der Waals surface area contributed by atoms with Crippen molar-refractivity contribution in [1.29, 1.82) is 0 Å². The van der Waals surface area contributed by atoms with Crippen LogP contribution in [-0.2, 0) is 4.79 Å². The van der Waals surface area contributed by atoms with Gasteiger partial charge in [0.2, 0.25) is 5.91 Å². The van der Waals surface area contributed by atoms with Crippen molar-refractivity contribution in [2.45, 2.75) is 44.6 Å². The summed E-state index contributed by atoms with van der Waals surface area (Å²) in [6, 6.07) is 0.389. The van der Waals surface area contributed by atoms with Crippen LogP contribution in [0.25, 0.3) is 0 Å². The number of rotatable bonds is 4. The number of thioether (sulfide) groups is 1. The second-order valence-electron chi connectivity index (χ2n) is 5.24. The molecule has 0 bridgehead atoms. The summed E-state index contributed by atoms with van der Waals surface area (Å²) in [6.45, 7) is 1.95. The maximum absolute atomic E-state index is 11.8. The molecule has 4 heteroatoms. The molecule has 0 aromatic heterocycles. The zero-order chi connectivity index (χ0) is 11.9. The summed E-state index contributed by atoms with van der Waals surface area (Å²) < 4.78 is 0. The number of hydrogen-bond acceptors (Lipinski definition) is 3. The summed E-state index contributed by atoms with van der Waals surface area (Å²) in [4.78, 5) is 11.8. The van der Waals surface area contributed by atoms with Gasteiger partial charge in [0.25, 0.3) is 0 Å². The Bertz CT molecular complexity index is 236. The van der Waals surface area contributed by atoms with E-state index < -0.39 is 0 Å². The van der Waals surface area contributed by atoms with Gasteiger partial charge in [-0.25, -0.2) is 0 Å². The molecular weight excluding hydrogens is 232 g/mol. The van der Waals surface area contributed by atoms with Gasteiger partial charge in [0.1, 0.15) is 0 Å². The highest BCUT2D eigenvalue weighted by Gasteiger charge is 2.18. The summed E-state index contributed by atoms with van der Waals surface area (Å²) in [5.41, 5.74) is 0. The molecule has 0 spiro atoms. The molecule has 1 amide bonds. The van der Waals surface area contributed by atoms with Crippen molar-refractivity contribution in [3.63, 3.8) is 0 Å². The molecule has 1 aliphatic carbocycles. The fourth-order valence-electron chi connectivity index (χ4n) is 2.70. The van der Waals surface area contributed by atoms with Crippen LogP contribution in [-0.4, -0.2) is 36.5 Å². The summed E-state index contributed by atoms with van der Waals surface area (Å²) in [5, 5.41) is 6.52. The first-order valence-electron chi connectivity index (χ1n) is 6.92. The van der Waals surface area contributed by atoms with Gasteiger partial charge in [-0.05, 0) is 18.8 Å². The van der Waals surface area contributed by atoms with Crippen molar-refractivity contribution in [2.75, 3.05) is 24.6 Å². The topological polar surface area (TPSA) is 41.1 Å². The standard InChI is InChI=1S/C13H24N2OS/c16-13(8-12-10-17-7-6-14-12)15-9-11-4-2-1-3-5-11/h11-12,14H,1-10H2,(H,15,16). The van der Waals surface area contributed by atoms with E-state index in [-0.39, 0.29) is 5.91 Å². The number of amides is 1. The third-order valence-corrected chi connectivity index (χ3v) is 4.87. The largest absolute Gasteiger partial charge is 0.356 e. The van der Waals surface area contributed by atoms with Crippen LogP contribution < -0.4 is 10.6 Å². The van der Waals surface area contributed by atoms with E-state index in [9.17, 15) is 4.79 Å². The average Bonchev–Trinajstić information content (AvgIpc) is 2.39. The van der Waals surface area contributed by atoms with Gasteiger partial charge in [0.15, 0.2) is 0 Å². The maximum Gasteiger partial charge on any atom is 0.221 e. The predicted octanol–water partition coefficient (Wildman–Crippen LogP) is 1.78. The Morgan fingerprint density at radius 3 is 2.82 bits per heavy atom. The van der Waals surface area contributed by atoms with Crippen molar-refractivity contribution >= 4 is 17.7 Å². The molecule has 1 saturated heterocycles. The van der Waals surface area contributed by atoms with Crippen LogP contribution in [0.5, 0.6) is 0 Å². The Hall–Kier alpha value is -0.220. The molecule has 3 nitrogen and oxygen atoms in total. The van der Waals surface area contributed by atoms with Crippen LogP contribution >= 0.6 is 11.8 Å². The molecule has 0 aromatic rings. The highest BCUT2D eigenvalue weighted by molar-refractivity contribution is 7.99.